The van der Waals surface area contributed by atoms with Gasteiger partial charge in [0.15, 0.2) is 21.3 Å². The Balaban J connectivity index is 1.59. The quantitative estimate of drug-likeness (QED) is 0.803. The van der Waals surface area contributed by atoms with E-state index in [0.717, 1.165) is 19.3 Å². The van der Waals surface area contributed by atoms with Crippen molar-refractivity contribution in [2.24, 2.45) is 0 Å². The Kier molecular flexibility index (Phi) is 5.57. The summed E-state index contributed by atoms with van der Waals surface area (Å²) in [6.45, 7) is 1.41. The van der Waals surface area contributed by atoms with Crippen molar-refractivity contribution in [2.75, 3.05) is 26.4 Å². The molecule has 2 aromatic rings. The van der Waals surface area contributed by atoms with Crippen molar-refractivity contribution in [1.29, 1.82) is 0 Å². The molecule has 2 amide bonds. The molecule has 0 radical (unpaired) electrons. The Morgan fingerprint density at radius 2 is 1.93 bits per heavy atom. The molecule has 0 bridgehead atoms. The molecule has 1 atom stereocenters. The van der Waals surface area contributed by atoms with E-state index in [1.165, 1.54) is 18.3 Å². The predicted molar refractivity (Wildman–Crippen MR) is 106 cm³/mol. The van der Waals surface area contributed by atoms with E-state index in [-0.39, 0.29) is 24.3 Å². The first kappa shape index (κ1) is 19.5. The normalized spacial score (nSPS) is 17.0. The van der Waals surface area contributed by atoms with Gasteiger partial charge in [0.2, 0.25) is 6.79 Å². The van der Waals surface area contributed by atoms with Gasteiger partial charge in [-0.3, -0.25) is 4.98 Å². The van der Waals surface area contributed by atoms with Crippen LogP contribution in [0.1, 0.15) is 30.1 Å². The minimum atomic E-state index is -3.81. The second-order valence-corrected chi connectivity index (χ2v) is 9.20. The van der Waals surface area contributed by atoms with E-state index < -0.39 is 15.1 Å². The Bertz CT molecular complexity index is 975. The lowest BCUT2D eigenvalue weighted by Gasteiger charge is -2.28. The second kappa shape index (κ2) is 8.28. The average molecular weight is 417 g/mol. The molecular weight excluding hydrogens is 394 g/mol. The summed E-state index contributed by atoms with van der Waals surface area (Å²) in [5.74, 6) is 0.911. The molecule has 4 rings (SSSR count). The first-order valence-electron chi connectivity index (χ1n) is 9.62. The zero-order valence-electron chi connectivity index (χ0n) is 15.9. The van der Waals surface area contributed by atoms with Crippen LogP contribution in [0, 0.1) is 0 Å². The molecule has 1 N–H and O–H groups in total. The van der Waals surface area contributed by atoms with Gasteiger partial charge in [0.05, 0.1) is 4.90 Å². The number of rotatable bonds is 5. The number of nitrogens with zero attached hydrogens (tertiary/aromatic N) is 2. The Morgan fingerprint density at radius 1 is 1.14 bits per heavy atom. The number of hydrogen-bond acceptors (Lipinski definition) is 6. The van der Waals surface area contributed by atoms with E-state index in [9.17, 15) is 13.2 Å². The number of carbonyl (C=O) groups is 1. The van der Waals surface area contributed by atoms with Crippen molar-refractivity contribution in [1.82, 2.24) is 15.2 Å². The highest BCUT2D eigenvalue weighted by atomic mass is 32.2. The lowest BCUT2D eigenvalue weighted by Crippen LogP contribution is -2.44. The number of likely N-dealkylation sites (tertiary alicyclic amines) is 1. The van der Waals surface area contributed by atoms with Crippen molar-refractivity contribution in [3.05, 3.63) is 48.3 Å². The van der Waals surface area contributed by atoms with Gasteiger partial charge in [-0.05, 0) is 43.0 Å². The number of piperidine rings is 1. The molecule has 0 unspecified atom stereocenters. The van der Waals surface area contributed by atoms with Crippen LogP contribution < -0.4 is 14.8 Å². The highest BCUT2D eigenvalue weighted by molar-refractivity contribution is 7.91. The molecule has 0 spiro atoms. The van der Waals surface area contributed by atoms with Gasteiger partial charge in [0.25, 0.3) is 0 Å². The minimum absolute atomic E-state index is 0.0438. The maximum Gasteiger partial charge on any atom is 0.317 e. The molecule has 29 heavy (non-hydrogen) atoms. The van der Waals surface area contributed by atoms with Crippen molar-refractivity contribution in [2.45, 2.75) is 29.4 Å². The highest BCUT2D eigenvalue weighted by Gasteiger charge is 2.32. The van der Waals surface area contributed by atoms with Crippen LogP contribution in [0.4, 0.5) is 4.79 Å². The summed E-state index contributed by atoms with van der Waals surface area (Å²) in [6, 6.07) is 7.70. The maximum absolute atomic E-state index is 13.4. The van der Waals surface area contributed by atoms with E-state index in [1.807, 2.05) is 0 Å². The van der Waals surface area contributed by atoms with E-state index in [2.05, 4.69) is 10.3 Å². The lowest BCUT2D eigenvalue weighted by atomic mass is 10.1. The van der Waals surface area contributed by atoms with Crippen LogP contribution in [-0.2, 0) is 9.84 Å². The summed E-state index contributed by atoms with van der Waals surface area (Å²) < 4.78 is 37.5. The predicted octanol–water partition coefficient (Wildman–Crippen LogP) is 2.52. The zero-order valence-corrected chi connectivity index (χ0v) is 16.7. The fraction of sp³-hybridized carbons (Fsp3) is 0.400. The number of pyridine rings is 1. The summed E-state index contributed by atoms with van der Waals surface area (Å²) in [7, 11) is -3.81. The first-order chi connectivity index (χ1) is 14.1. The third-order valence-corrected chi connectivity index (χ3v) is 7.28. The largest absolute Gasteiger partial charge is 0.454 e. The lowest BCUT2D eigenvalue weighted by molar-refractivity contribution is 0.174. The van der Waals surface area contributed by atoms with Crippen molar-refractivity contribution >= 4 is 15.9 Å². The van der Waals surface area contributed by atoms with Crippen LogP contribution >= 0.6 is 0 Å². The van der Waals surface area contributed by atoms with E-state index in [0.29, 0.717) is 30.2 Å². The fourth-order valence-electron chi connectivity index (χ4n) is 3.58. The molecule has 2 aliphatic heterocycles. The van der Waals surface area contributed by atoms with Gasteiger partial charge in [-0.15, -0.1) is 0 Å². The van der Waals surface area contributed by atoms with Gasteiger partial charge in [-0.2, -0.15) is 0 Å². The van der Waals surface area contributed by atoms with Crippen molar-refractivity contribution < 1.29 is 22.7 Å². The first-order valence-corrected chi connectivity index (χ1v) is 11.2. The number of amides is 2. The zero-order chi connectivity index (χ0) is 20.3. The van der Waals surface area contributed by atoms with Crippen molar-refractivity contribution in [3.8, 4) is 11.5 Å². The minimum Gasteiger partial charge on any atom is -0.454 e. The second-order valence-electron chi connectivity index (χ2n) is 7.07. The van der Waals surface area contributed by atoms with Crippen LogP contribution in [0.3, 0.4) is 0 Å². The topological polar surface area (TPSA) is 97.8 Å². The Hall–Kier alpha value is -2.81. The molecule has 2 aliphatic rings. The number of benzene rings is 1. The molecule has 1 aromatic carbocycles. The summed E-state index contributed by atoms with van der Waals surface area (Å²) in [4.78, 5) is 18.4. The highest BCUT2D eigenvalue weighted by Crippen LogP contribution is 2.37. The molecule has 0 saturated carbocycles. The third-order valence-electron chi connectivity index (χ3n) is 5.19. The SMILES string of the molecule is O=C(NC[C@H](c1cccnc1)S(=O)(=O)c1ccc2c(c1)OCO2)N1CCCCC1. The van der Waals surface area contributed by atoms with Crippen LogP contribution in [0.15, 0.2) is 47.6 Å². The van der Waals surface area contributed by atoms with Gasteiger partial charge in [-0.1, -0.05) is 6.07 Å². The maximum atomic E-state index is 13.4. The molecule has 3 heterocycles. The van der Waals surface area contributed by atoms with Gasteiger partial charge in [0, 0.05) is 38.1 Å². The van der Waals surface area contributed by atoms with Gasteiger partial charge in [0.1, 0.15) is 5.25 Å². The molecule has 1 saturated heterocycles. The monoisotopic (exact) mass is 417 g/mol. The van der Waals surface area contributed by atoms with Crippen LogP contribution in [0.5, 0.6) is 11.5 Å². The van der Waals surface area contributed by atoms with Gasteiger partial charge >= 0.3 is 6.03 Å². The molecule has 1 fully saturated rings. The molecule has 154 valence electrons. The number of sulfone groups is 1. The third kappa shape index (κ3) is 4.14. The summed E-state index contributed by atoms with van der Waals surface area (Å²) >= 11 is 0. The molecule has 1 aromatic heterocycles. The number of nitrogens with one attached hydrogen (secondary N) is 1. The molecular formula is C20H23N3O5S. The number of urea groups is 1. The summed E-state index contributed by atoms with van der Waals surface area (Å²) in [5, 5.41) is 1.84. The summed E-state index contributed by atoms with van der Waals surface area (Å²) in [6.07, 6.45) is 6.15. The number of hydrogen-bond donors (Lipinski definition) is 1. The van der Waals surface area contributed by atoms with E-state index in [1.54, 1.807) is 29.3 Å². The number of ether oxygens (including phenoxy) is 2. The standard InChI is InChI=1S/C20H23N3O5S/c24-20(23-9-2-1-3-10-23)22-13-19(15-5-4-8-21-12-15)29(25,26)16-6-7-17-18(11-16)28-14-27-17/h4-8,11-12,19H,1-3,9-10,13-14H2,(H,22,24)/t19-/m1/s1. The Morgan fingerprint density at radius 3 is 2.69 bits per heavy atom. The van der Waals surface area contributed by atoms with Crippen LogP contribution in [0.2, 0.25) is 0 Å². The summed E-state index contributed by atoms with van der Waals surface area (Å²) in [5.41, 5.74) is 0.518. The van der Waals surface area contributed by atoms with Crippen LogP contribution in [-0.4, -0.2) is 50.8 Å². The Labute approximate surface area is 169 Å². The van der Waals surface area contributed by atoms with E-state index in [4.69, 9.17) is 9.47 Å². The molecule has 0 aliphatic carbocycles. The molecule has 9 heteroatoms. The van der Waals surface area contributed by atoms with Crippen LogP contribution in [0.25, 0.3) is 0 Å². The van der Waals surface area contributed by atoms with E-state index >= 15 is 0 Å². The average Bonchev–Trinajstić information content (AvgIpc) is 3.23. The number of fused-ring (bicyclic) bond motifs is 1. The molecule has 8 nitrogen and oxygen atoms in total. The van der Waals surface area contributed by atoms with Crippen molar-refractivity contribution in [3.63, 3.8) is 0 Å². The van der Waals surface area contributed by atoms with Gasteiger partial charge in [-0.25, -0.2) is 13.2 Å². The number of aromatic nitrogens is 1. The smallest absolute Gasteiger partial charge is 0.317 e. The fourth-order valence-corrected chi connectivity index (χ4v) is 5.24. The number of carbonyl (C=O) groups excluding carboxylic acids is 1. The van der Waals surface area contributed by atoms with Gasteiger partial charge < -0.3 is 19.7 Å².